The fourth-order valence-electron chi connectivity index (χ4n) is 2.58. The Balaban J connectivity index is 1.57. The van der Waals surface area contributed by atoms with Gasteiger partial charge >= 0.3 is 5.97 Å². The van der Waals surface area contributed by atoms with Gasteiger partial charge in [-0.3, -0.25) is 14.9 Å². The predicted octanol–water partition coefficient (Wildman–Crippen LogP) is 4.57. The maximum absolute atomic E-state index is 12.2. The summed E-state index contributed by atoms with van der Waals surface area (Å²) < 4.78 is 16.7. The maximum Gasteiger partial charge on any atom is 0.353 e. The highest BCUT2D eigenvalue weighted by Crippen LogP contribution is 2.30. The highest BCUT2D eigenvalue weighted by molar-refractivity contribution is 9.10. The first-order valence-electron chi connectivity index (χ1n) is 9.78. The molecule has 0 unspecified atom stereocenters. The summed E-state index contributed by atoms with van der Waals surface area (Å²) in [4.78, 5) is 34.9. The van der Waals surface area contributed by atoms with Crippen LogP contribution in [0.25, 0.3) is 0 Å². The number of benzene rings is 2. The third kappa shape index (κ3) is 6.86. The van der Waals surface area contributed by atoms with Crippen LogP contribution in [0, 0.1) is 10.1 Å². The summed E-state index contributed by atoms with van der Waals surface area (Å²) in [7, 11) is 0. The molecule has 2 aromatic carbocycles. The Morgan fingerprint density at radius 1 is 1.15 bits per heavy atom. The number of hydrogen-bond donors (Lipinski definition) is 1. The van der Waals surface area contributed by atoms with Crippen molar-refractivity contribution in [2.24, 2.45) is 5.10 Å². The van der Waals surface area contributed by atoms with E-state index in [9.17, 15) is 19.7 Å². The molecule has 34 heavy (non-hydrogen) atoms. The normalized spacial score (nSPS) is 10.6. The minimum Gasteiger partial charge on any atom is -0.490 e. The van der Waals surface area contributed by atoms with Crippen LogP contribution in [0.15, 0.2) is 63.5 Å². The van der Waals surface area contributed by atoms with Crippen molar-refractivity contribution in [2.75, 3.05) is 13.2 Å². The fraction of sp³-hybridized carbons (Fsp3) is 0.136. The molecule has 1 heterocycles. The van der Waals surface area contributed by atoms with E-state index < -0.39 is 16.8 Å². The number of hydrogen-bond acceptors (Lipinski definition) is 9. The first-order chi connectivity index (χ1) is 16.4. The third-order valence-electron chi connectivity index (χ3n) is 4.08. The number of ether oxygens (including phenoxy) is 3. The number of thiophene rings is 1. The topological polar surface area (TPSA) is 129 Å². The van der Waals surface area contributed by atoms with E-state index in [0.717, 1.165) is 0 Å². The quantitative estimate of drug-likeness (QED) is 0.129. The second kappa shape index (κ2) is 11.9. The van der Waals surface area contributed by atoms with Gasteiger partial charge in [-0.25, -0.2) is 10.2 Å². The minimum atomic E-state index is -0.535. The second-order valence-electron chi connectivity index (χ2n) is 6.46. The van der Waals surface area contributed by atoms with Gasteiger partial charge in [0.25, 0.3) is 11.6 Å². The van der Waals surface area contributed by atoms with E-state index in [4.69, 9.17) is 14.2 Å². The molecule has 1 amide bonds. The van der Waals surface area contributed by atoms with Crippen LogP contribution in [0.1, 0.15) is 22.2 Å². The Kier molecular flexibility index (Phi) is 8.71. The van der Waals surface area contributed by atoms with Crippen LogP contribution in [-0.4, -0.2) is 36.2 Å². The molecule has 0 radical (unpaired) electrons. The van der Waals surface area contributed by atoms with E-state index in [1.807, 2.05) is 0 Å². The molecular formula is C22H18BrN3O7S. The van der Waals surface area contributed by atoms with Crippen LogP contribution in [0.2, 0.25) is 0 Å². The molecule has 3 rings (SSSR count). The highest BCUT2D eigenvalue weighted by Gasteiger charge is 2.14. The number of nitro benzene ring substituents is 1. The lowest BCUT2D eigenvalue weighted by Gasteiger charge is -2.11. The molecule has 0 aliphatic heterocycles. The minimum absolute atomic E-state index is 0.105. The Morgan fingerprint density at radius 3 is 2.62 bits per heavy atom. The molecule has 0 saturated carbocycles. The van der Waals surface area contributed by atoms with Crippen LogP contribution < -0.4 is 19.6 Å². The van der Waals surface area contributed by atoms with Crippen LogP contribution in [-0.2, 0) is 4.79 Å². The second-order valence-corrected chi connectivity index (χ2v) is 8.26. The van der Waals surface area contributed by atoms with Crippen LogP contribution >= 0.6 is 27.3 Å². The monoisotopic (exact) mass is 547 g/mol. The van der Waals surface area contributed by atoms with Gasteiger partial charge in [0.05, 0.1) is 22.2 Å². The standard InChI is InChI=1S/C22H18BrN3O7S/c1-2-31-19-10-14(5-7-18(19)33-22(28)20-4-3-9-34-20)12-24-25-21(27)13-32-17-8-6-15(26(29)30)11-16(17)23/h3-12H,2,13H2,1H3,(H,25,27). The Hall–Kier alpha value is -3.77. The van der Waals surface area contributed by atoms with Crippen molar-refractivity contribution >= 4 is 51.0 Å². The molecular weight excluding hydrogens is 530 g/mol. The number of carbonyl (C=O) groups excluding carboxylic acids is 2. The number of carbonyl (C=O) groups is 2. The van der Waals surface area contributed by atoms with E-state index in [2.05, 4.69) is 26.5 Å². The number of non-ortho nitro benzene ring substituents is 1. The van der Waals surface area contributed by atoms with E-state index in [1.54, 1.807) is 42.6 Å². The summed E-state index contributed by atoms with van der Waals surface area (Å²) in [6, 6.07) is 12.2. The van der Waals surface area contributed by atoms with Gasteiger partial charge in [-0.1, -0.05) is 6.07 Å². The fourth-order valence-corrected chi connectivity index (χ4v) is 3.66. The summed E-state index contributed by atoms with van der Waals surface area (Å²) in [6.45, 7) is 1.81. The third-order valence-corrected chi connectivity index (χ3v) is 5.55. The van der Waals surface area contributed by atoms with Gasteiger partial charge < -0.3 is 14.2 Å². The van der Waals surface area contributed by atoms with Crippen molar-refractivity contribution in [3.8, 4) is 17.2 Å². The van der Waals surface area contributed by atoms with Crippen LogP contribution in [0.4, 0.5) is 5.69 Å². The van der Waals surface area contributed by atoms with Gasteiger partial charge in [0.2, 0.25) is 0 Å². The van der Waals surface area contributed by atoms with E-state index in [1.165, 1.54) is 35.8 Å². The molecule has 176 valence electrons. The molecule has 10 nitrogen and oxygen atoms in total. The highest BCUT2D eigenvalue weighted by atomic mass is 79.9. The van der Waals surface area contributed by atoms with Crippen molar-refractivity contribution in [3.05, 3.63) is 78.9 Å². The zero-order valence-electron chi connectivity index (χ0n) is 17.7. The summed E-state index contributed by atoms with van der Waals surface area (Å²) in [5.41, 5.74) is 2.82. The van der Waals surface area contributed by atoms with E-state index in [0.29, 0.717) is 27.3 Å². The predicted molar refractivity (Wildman–Crippen MR) is 129 cm³/mol. The van der Waals surface area contributed by atoms with Gasteiger partial charge in [-0.2, -0.15) is 5.10 Å². The summed E-state index contributed by atoms with van der Waals surface area (Å²) in [5, 5.41) is 16.4. The number of nitrogens with one attached hydrogen (secondary N) is 1. The average molecular weight is 548 g/mol. The lowest BCUT2D eigenvalue weighted by molar-refractivity contribution is -0.384. The van der Waals surface area contributed by atoms with E-state index >= 15 is 0 Å². The van der Waals surface area contributed by atoms with Crippen LogP contribution in [0.3, 0.4) is 0 Å². The SMILES string of the molecule is CCOc1cc(C=NNC(=O)COc2ccc([N+](=O)[O-])cc2Br)ccc1OC(=O)c1cccs1. The Morgan fingerprint density at radius 2 is 1.94 bits per heavy atom. The molecule has 0 fully saturated rings. The number of hydrazone groups is 1. The first kappa shape index (κ1) is 24.9. The molecule has 3 aromatic rings. The number of nitrogens with zero attached hydrogens (tertiary/aromatic N) is 2. The average Bonchev–Trinajstić information content (AvgIpc) is 3.35. The summed E-state index contributed by atoms with van der Waals surface area (Å²) in [5.74, 6) is -0.117. The molecule has 12 heteroatoms. The molecule has 0 bridgehead atoms. The van der Waals surface area contributed by atoms with Gasteiger partial charge in [0, 0.05) is 12.1 Å². The number of halogens is 1. The lowest BCUT2D eigenvalue weighted by Crippen LogP contribution is -2.24. The number of rotatable bonds is 10. The smallest absolute Gasteiger partial charge is 0.353 e. The van der Waals surface area contributed by atoms with Gasteiger partial charge in [0.15, 0.2) is 18.1 Å². The van der Waals surface area contributed by atoms with Gasteiger partial charge in [0.1, 0.15) is 10.6 Å². The van der Waals surface area contributed by atoms with Crippen molar-refractivity contribution < 1.29 is 28.7 Å². The van der Waals surface area contributed by atoms with Gasteiger partial charge in [-0.15, -0.1) is 11.3 Å². The van der Waals surface area contributed by atoms with Gasteiger partial charge in [-0.05, 0) is 64.1 Å². The maximum atomic E-state index is 12.2. The molecule has 0 saturated heterocycles. The molecule has 0 spiro atoms. The molecule has 1 N–H and O–H groups in total. The first-order valence-corrected chi connectivity index (χ1v) is 11.5. The van der Waals surface area contributed by atoms with Crippen molar-refractivity contribution in [2.45, 2.75) is 6.92 Å². The summed E-state index contributed by atoms with van der Waals surface area (Å²) in [6.07, 6.45) is 1.40. The zero-order valence-corrected chi connectivity index (χ0v) is 20.1. The largest absolute Gasteiger partial charge is 0.490 e. The van der Waals surface area contributed by atoms with Crippen molar-refractivity contribution in [1.82, 2.24) is 5.43 Å². The van der Waals surface area contributed by atoms with Crippen molar-refractivity contribution in [1.29, 1.82) is 0 Å². The molecule has 1 aromatic heterocycles. The lowest BCUT2D eigenvalue weighted by atomic mass is 10.2. The van der Waals surface area contributed by atoms with E-state index in [-0.39, 0.29) is 23.8 Å². The number of amides is 1. The zero-order chi connectivity index (χ0) is 24.5. The molecule has 0 aliphatic carbocycles. The Bertz CT molecular complexity index is 1220. The summed E-state index contributed by atoms with van der Waals surface area (Å²) >= 11 is 4.44. The van der Waals surface area contributed by atoms with Crippen molar-refractivity contribution in [3.63, 3.8) is 0 Å². The number of nitro groups is 1. The number of esters is 1. The molecule has 0 atom stereocenters. The molecule has 0 aliphatic rings. The van der Waals surface area contributed by atoms with Crippen LogP contribution in [0.5, 0.6) is 17.2 Å². The Labute approximate surface area is 206 Å².